The fraction of sp³-hybridized carbons (Fsp3) is 0.240. The summed E-state index contributed by atoms with van der Waals surface area (Å²) in [5.74, 6) is 2.30. The molecule has 1 aromatic heterocycles. The van der Waals surface area contributed by atoms with Crippen LogP contribution in [-0.4, -0.2) is 47.5 Å². The van der Waals surface area contributed by atoms with Gasteiger partial charge >= 0.3 is 6.03 Å². The van der Waals surface area contributed by atoms with E-state index in [-0.39, 0.29) is 6.03 Å². The number of carbonyl (C=O) groups is 1. The van der Waals surface area contributed by atoms with Crippen LogP contribution < -0.4 is 20.7 Å². The van der Waals surface area contributed by atoms with Gasteiger partial charge in [0.2, 0.25) is 0 Å². The van der Waals surface area contributed by atoms with E-state index < -0.39 is 5.54 Å². The second-order valence-corrected chi connectivity index (χ2v) is 8.21. The van der Waals surface area contributed by atoms with E-state index in [9.17, 15) is 4.79 Å². The Kier molecular flexibility index (Phi) is 5.56. The summed E-state index contributed by atoms with van der Waals surface area (Å²) in [6.07, 6.45) is 2.49. The van der Waals surface area contributed by atoms with Crippen molar-refractivity contribution in [2.75, 3.05) is 36.1 Å². The van der Waals surface area contributed by atoms with Crippen molar-refractivity contribution < 1.29 is 9.53 Å². The van der Waals surface area contributed by atoms with Crippen LogP contribution in [0.1, 0.15) is 12.0 Å². The number of amidine groups is 1. The van der Waals surface area contributed by atoms with Crippen molar-refractivity contribution >= 4 is 29.1 Å². The Labute approximate surface area is 192 Å². The molecule has 33 heavy (non-hydrogen) atoms. The molecule has 3 aromatic rings. The van der Waals surface area contributed by atoms with Gasteiger partial charge in [-0.25, -0.2) is 9.78 Å². The molecular weight excluding hydrogens is 416 g/mol. The molecule has 1 spiro atoms. The molecule has 0 bridgehead atoms. The van der Waals surface area contributed by atoms with Crippen molar-refractivity contribution in [2.24, 2.45) is 4.99 Å². The Morgan fingerprint density at radius 1 is 1.15 bits per heavy atom. The van der Waals surface area contributed by atoms with Gasteiger partial charge in [-0.05, 0) is 48.4 Å². The third-order valence-electron chi connectivity index (χ3n) is 6.03. The van der Waals surface area contributed by atoms with Crippen molar-refractivity contribution in [3.63, 3.8) is 0 Å². The molecule has 1 atom stereocenters. The molecule has 5 rings (SSSR count). The summed E-state index contributed by atoms with van der Waals surface area (Å²) in [6, 6.07) is 21.2. The van der Waals surface area contributed by atoms with E-state index in [4.69, 9.17) is 9.73 Å². The maximum absolute atomic E-state index is 13.0. The van der Waals surface area contributed by atoms with Crippen molar-refractivity contribution in [3.05, 3.63) is 78.5 Å². The highest BCUT2D eigenvalue weighted by atomic mass is 16.5. The molecule has 2 amide bonds. The minimum absolute atomic E-state index is 0.141. The van der Waals surface area contributed by atoms with Crippen molar-refractivity contribution in [3.8, 4) is 5.75 Å². The number of anilines is 3. The number of carbonyl (C=O) groups excluding carboxylic acids is 1. The van der Waals surface area contributed by atoms with Gasteiger partial charge in [-0.15, -0.1) is 0 Å². The lowest BCUT2D eigenvalue weighted by molar-refractivity contribution is 0.221. The Hall–Kier alpha value is -4.07. The number of fused-ring (bicyclic) bond motifs is 1. The Morgan fingerprint density at radius 3 is 2.76 bits per heavy atom. The number of pyridine rings is 1. The van der Waals surface area contributed by atoms with Gasteiger partial charge in [0.1, 0.15) is 17.1 Å². The summed E-state index contributed by atoms with van der Waals surface area (Å²) in [5.41, 5.74) is 2.26. The van der Waals surface area contributed by atoms with Crippen molar-refractivity contribution in [1.82, 2.24) is 9.88 Å². The Balaban J connectivity index is 1.36. The smallest absolute Gasteiger partial charge is 0.321 e. The van der Waals surface area contributed by atoms with Crippen LogP contribution in [0.3, 0.4) is 0 Å². The molecule has 2 aliphatic rings. The highest BCUT2D eigenvalue weighted by Gasteiger charge is 2.47. The molecule has 3 heterocycles. The van der Waals surface area contributed by atoms with E-state index in [1.54, 1.807) is 13.3 Å². The largest absolute Gasteiger partial charge is 0.497 e. The van der Waals surface area contributed by atoms with Gasteiger partial charge in [0.05, 0.1) is 25.9 Å². The zero-order valence-corrected chi connectivity index (χ0v) is 18.4. The van der Waals surface area contributed by atoms with Crippen LogP contribution in [0.5, 0.6) is 5.75 Å². The average Bonchev–Trinajstić information content (AvgIpc) is 3.28. The van der Waals surface area contributed by atoms with Crippen LogP contribution in [0.25, 0.3) is 0 Å². The minimum atomic E-state index is -0.498. The summed E-state index contributed by atoms with van der Waals surface area (Å²) < 4.78 is 5.19. The van der Waals surface area contributed by atoms with Gasteiger partial charge in [-0.1, -0.05) is 30.3 Å². The molecule has 2 aromatic carbocycles. The van der Waals surface area contributed by atoms with Gasteiger partial charge < -0.3 is 25.6 Å². The molecule has 0 saturated carbocycles. The first-order valence-electron chi connectivity index (χ1n) is 10.9. The van der Waals surface area contributed by atoms with Gasteiger partial charge in [-0.2, -0.15) is 0 Å². The lowest BCUT2D eigenvalue weighted by Crippen LogP contribution is -2.55. The molecule has 8 nitrogen and oxygen atoms in total. The SMILES string of the molecule is COc1ccc(NC(=O)N2CCC3(C2)Nc2cccnc2NC3=NCc2ccccc2)cc1. The number of benzene rings is 2. The second kappa shape index (κ2) is 8.82. The van der Waals surface area contributed by atoms with Crippen molar-refractivity contribution in [1.29, 1.82) is 0 Å². The van der Waals surface area contributed by atoms with Gasteiger partial charge in [-0.3, -0.25) is 4.99 Å². The lowest BCUT2D eigenvalue weighted by atomic mass is 9.93. The van der Waals surface area contributed by atoms with Gasteiger partial charge in [0.15, 0.2) is 5.82 Å². The number of hydrogen-bond acceptors (Lipinski definition) is 5. The number of hydrogen-bond donors (Lipinski definition) is 3. The van der Waals surface area contributed by atoms with Gasteiger partial charge in [0.25, 0.3) is 0 Å². The van der Waals surface area contributed by atoms with E-state index >= 15 is 0 Å². The topological polar surface area (TPSA) is 90.9 Å². The van der Waals surface area contributed by atoms with E-state index in [0.29, 0.717) is 19.6 Å². The molecule has 1 fully saturated rings. The zero-order chi connectivity index (χ0) is 22.7. The number of urea groups is 1. The molecule has 1 unspecified atom stereocenters. The third kappa shape index (κ3) is 4.32. The first kappa shape index (κ1) is 20.8. The number of rotatable bonds is 4. The number of methoxy groups -OCH3 is 1. The lowest BCUT2D eigenvalue weighted by Gasteiger charge is -2.38. The number of nitrogens with zero attached hydrogens (tertiary/aromatic N) is 3. The van der Waals surface area contributed by atoms with Crippen molar-refractivity contribution in [2.45, 2.75) is 18.5 Å². The highest BCUT2D eigenvalue weighted by molar-refractivity contribution is 6.09. The molecule has 1 saturated heterocycles. The van der Waals surface area contributed by atoms with E-state index in [1.165, 1.54) is 0 Å². The van der Waals surface area contributed by atoms with Crippen LogP contribution in [0.4, 0.5) is 22.0 Å². The quantitative estimate of drug-likeness (QED) is 0.563. The summed E-state index contributed by atoms with van der Waals surface area (Å²) in [4.78, 5) is 24.2. The van der Waals surface area contributed by atoms with E-state index in [2.05, 4.69) is 33.1 Å². The standard InChI is InChI=1S/C25H26N6O2/c1-33-20-11-9-19(10-12-20)28-24(32)31-15-13-25(17-31)23(27-16-18-6-3-2-4-7-18)29-22-21(30-25)8-5-14-26-22/h2-12,14,30H,13,15-17H2,1H3,(H,28,32)(H,26,27,29). The zero-order valence-electron chi connectivity index (χ0n) is 18.4. The fourth-order valence-corrected chi connectivity index (χ4v) is 4.25. The highest BCUT2D eigenvalue weighted by Crippen LogP contribution is 2.35. The average molecular weight is 443 g/mol. The molecule has 8 heteroatoms. The van der Waals surface area contributed by atoms with Crippen LogP contribution in [0, 0.1) is 0 Å². The minimum Gasteiger partial charge on any atom is -0.497 e. The van der Waals surface area contributed by atoms with Gasteiger partial charge in [0, 0.05) is 18.4 Å². The van der Waals surface area contributed by atoms with E-state index in [1.807, 2.05) is 59.5 Å². The maximum Gasteiger partial charge on any atom is 0.321 e. The number of aromatic nitrogens is 1. The maximum atomic E-state index is 13.0. The predicted molar refractivity (Wildman–Crippen MR) is 130 cm³/mol. The van der Waals surface area contributed by atoms with E-state index in [0.717, 1.165) is 40.8 Å². The second-order valence-electron chi connectivity index (χ2n) is 8.21. The first-order chi connectivity index (χ1) is 16.1. The Morgan fingerprint density at radius 2 is 1.97 bits per heavy atom. The molecular formula is C25H26N6O2. The predicted octanol–water partition coefficient (Wildman–Crippen LogP) is 4.20. The van der Waals surface area contributed by atoms with Crippen LogP contribution in [0.15, 0.2) is 77.9 Å². The molecule has 3 N–H and O–H groups in total. The molecule has 168 valence electrons. The number of likely N-dealkylation sites (tertiary alicyclic amines) is 1. The monoisotopic (exact) mass is 442 g/mol. The number of aliphatic imine (C=N–C) groups is 1. The summed E-state index contributed by atoms with van der Waals surface area (Å²) >= 11 is 0. The molecule has 0 aliphatic carbocycles. The number of nitrogens with one attached hydrogen (secondary N) is 3. The summed E-state index contributed by atoms with van der Waals surface area (Å²) in [6.45, 7) is 1.65. The van der Waals surface area contributed by atoms with Crippen LogP contribution in [0.2, 0.25) is 0 Å². The summed E-state index contributed by atoms with van der Waals surface area (Å²) in [7, 11) is 1.62. The van der Waals surface area contributed by atoms with Crippen LogP contribution >= 0.6 is 0 Å². The summed E-state index contributed by atoms with van der Waals surface area (Å²) in [5, 5.41) is 10.0. The van der Waals surface area contributed by atoms with Crippen LogP contribution in [-0.2, 0) is 6.54 Å². The normalized spacial score (nSPS) is 20.2. The number of ether oxygens (including phenoxy) is 1. The number of amides is 2. The first-order valence-corrected chi connectivity index (χ1v) is 10.9. The third-order valence-corrected chi connectivity index (χ3v) is 6.03. The Bertz CT molecular complexity index is 1170. The molecule has 0 radical (unpaired) electrons. The molecule has 2 aliphatic heterocycles. The fourth-order valence-electron chi connectivity index (χ4n) is 4.25.